The number of nitrogens with zero attached hydrogens (tertiary/aromatic N) is 1. The molecule has 1 aromatic heterocycles. The van der Waals surface area contributed by atoms with Crippen LogP contribution in [0, 0.1) is 6.92 Å². The molecular weight excluding hydrogens is 362 g/mol. The zero-order valence-corrected chi connectivity index (χ0v) is 16.0. The molecule has 1 fully saturated rings. The number of carbonyl (C=O) groups excluding carboxylic acids is 1. The highest BCUT2D eigenvalue weighted by molar-refractivity contribution is 7.14. The number of nitrogens with one attached hydrogen (secondary N) is 2. The second-order valence-corrected chi connectivity index (χ2v) is 6.60. The highest BCUT2D eigenvalue weighted by Crippen LogP contribution is 2.33. The number of ether oxygens (including phenoxy) is 2. The predicted molar refractivity (Wildman–Crippen MR) is 102 cm³/mol. The molecule has 25 heavy (non-hydrogen) atoms. The van der Waals surface area contributed by atoms with E-state index in [1.165, 1.54) is 11.3 Å². The first-order valence-corrected chi connectivity index (χ1v) is 8.73. The Morgan fingerprint density at radius 1 is 1.48 bits per heavy atom. The van der Waals surface area contributed by atoms with E-state index in [2.05, 4.69) is 15.6 Å². The molecule has 136 valence electrons. The molecule has 1 aliphatic heterocycles. The molecule has 1 amide bonds. The average Bonchev–Trinajstić information content (AvgIpc) is 3.03. The van der Waals surface area contributed by atoms with Gasteiger partial charge in [-0.2, -0.15) is 0 Å². The van der Waals surface area contributed by atoms with E-state index < -0.39 is 0 Å². The maximum absolute atomic E-state index is 12.4. The molecule has 0 radical (unpaired) electrons. The van der Waals surface area contributed by atoms with Crippen molar-refractivity contribution in [1.82, 2.24) is 10.3 Å². The van der Waals surface area contributed by atoms with Crippen molar-refractivity contribution in [3.05, 3.63) is 29.1 Å². The Balaban J connectivity index is 0.00000225. The molecule has 0 spiro atoms. The first-order valence-electron chi connectivity index (χ1n) is 7.85. The monoisotopic (exact) mass is 383 g/mol. The van der Waals surface area contributed by atoms with Gasteiger partial charge in [0.05, 0.1) is 25.5 Å². The van der Waals surface area contributed by atoms with Gasteiger partial charge in [-0.05, 0) is 26.0 Å². The van der Waals surface area contributed by atoms with E-state index in [0.717, 1.165) is 22.6 Å². The summed E-state index contributed by atoms with van der Waals surface area (Å²) in [6.45, 7) is 5.21. The van der Waals surface area contributed by atoms with Crippen molar-refractivity contribution >= 4 is 34.8 Å². The minimum Gasteiger partial charge on any atom is -0.496 e. The Kier molecular flexibility index (Phi) is 6.78. The molecule has 3 rings (SSSR count). The van der Waals surface area contributed by atoms with Crippen molar-refractivity contribution in [2.24, 2.45) is 0 Å². The van der Waals surface area contributed by atoms with Gasteiger partial charge in [0.1, 0.15) is 11.8 Å². The molecule has 1 aromatic carbocycles. The third kappa shape index (κ3) is 4.49. The molecule has 0 bridgehead atoms. The van der Waals surface area contributed by atoms with Gasteiger partial charge in [0.2, 0.25) is 5.91 Å². The highest BCUT2D eigenvalue weighted by atomic mass is 35.5. The minimum absolute atomic E-state index is 0. The van der Waals surface area contributed by atoms with Crippen molar-refractivity contribution in [3.8, 4) is 17.0 Å². The maximum Gasteiger partial charge on any atom is 0.245 e. The number of benzene rings is 1. The number of thiazole rings is 1. The fourth-order valence-corrected chi connectivity index (χ4v) is 3.40. The second-order valence-electron chi connectivity index (χ2n) is 5.74. The van der Waals surface area contributed by atoms with Crippen LogP contribution in [0.3, 0.4) is 0 Å². The van der Waals surface area contributed by atoms with Crippen LogP contribution in [-0.4, -0.2) is 43.3 Å². The molecule has 6 nitrogen and oxygen atoms in total. The third-order valence-corrected chi connectivity index (χ3v) is 4.72. The summed E-state index contributed by atoms with van der Waals surface area (Å²) in [6.07, 6.45) is -0.157. The van der Waals surface area contributed by atoms with Crippen molar-refractivity contribution < 1.29 is 14.3 Å². The second kappa shape index (κ2) is 8.62. The minimum atomic E-state index is -0.361. The normalized spacial score (nSPS) is 19.8. The largest absolute Gasteiger partial charge is 0.496 e. The Hall–Kier alpha value is -1.67. The van der Waals surface area contributed by atoms with Gasteiger partial charge in [-0.15, -0.1) is 23.7 Å². The first kappa shape index (κ1) is 19.7. The summed E-state index contributed by atoms with van der Waals surface area (Å²) in [4.78, 5) is 16.9. The molecule has 2 heterocycles. The maximum atomic E-state index is 12.4. The summed E-state index contributed by atoms with van der Waals surface area (Å²) in [6, 6.07) is 5.58. The van der Waals surface area contributed by atoms with E-state index in [1.807, 2.05) is 37.4 Å². The quantitative estimate of drug-likeness (QED) is 0.849. The van der Waals surface area contributed by atoms with Crippen LogP contribution in [0.1, 0.15) is 12.5 Å². The molecule has 2 N–H and O–H groups in total. The van der Waals surface area contributed by atoms with Gasteiger partial charge in [0.15, 0.2) is 5.13 Å². The van der Waals surface area contributed by atoms with Crippen molar-refractivity contribution in [3.63, 3.8) is 0 Å². The first-order chi connectivity index (χ1) is 11.6. The van der Waals surface area contributed by atoms with Gasteiger partial charge in [0.25, 0.3) is 0 Å². The van der Waals surface area contributed by atoms with Crippen molar-refractivity contribution in [1.29, 1.82) is 0 Å². The Labute approximate surface area is 157 Å². The summed E-state index contributed by atoms with van der Waals surface area (Å²) in [5, 5.41) is 8.53. The van der Waals surface area contributed by atoms with Crippen LogP contribution in [0.15, 0.2) is 23.6 Å². The molecule has 0 aliphatic carbocycles. The lowest BCUT2D eigenvalue weighted by Gasteiger charge is -2.28. The van der Waals surface area contributed by atoms with Gasteiger partial charge in [-0.1, -0.05) is 11.6 Å². The zero-order valence-electron chi connectivity index (χ0n) is 14.4. The van der Waals surface area contributed by atoms with Crippen LogP contribution in [-0.2, 0) is 9.53 Å². The van der Waals surface area contributed by atoms with Crippen LogP contribution in [0.2, 0.25) is 0 Å². The van der Waals surface area contributed by atoms with Crippen LogP contribution < -0.4 is 15.4 Å². The van der Waals surface area contributed by atoms with Gasteiger partial charge < -0.3 is 20.1 Å². The van der Waals surface area contributed by atoms with E-state index in [0.29, 0.717) is 18.3 Å². The van der Waals surface area contributed by atoms with Gasteiger partial charge >= 0.3 is 0 Å². The topological polar surface area (TPSA) is 72.5 Å². The van der Waals surface area contributed by atoms with Crippen LogP contribution in [0.5, 0.6) is 5.75 Å². The number of morpholine rings is 1. The number of methoxy groups -OCH3 is 1. The third-order valence-electron chi connectivity index (χ3n) is 3.96. The smallest absolute Gasteiger partial charge is 0.245 e. The van der Waals surface area contributed by atoms with E-state index in [1.54, 1.807) is 7.11 Å². The summed E-state index contributed by atoms with van der Waals surface area (Å²) < 4.78 is 10.9. The number of aryl methyl sites for hydroxylation is 1. The molecule has 1 aliphatic rings. The fraction of sp³-hybridized carbons (Fsp3) is 0.412. The lowest BCUT2D eigenvalue weighted by atomic mass is 10.1. The molecular formula is C17H22ClN3O3S. The van der Waals surface area contributed by atoms with Crippen LogP contribution >= 0.6 is 23.7 Å². The van der Waals surface area contributed by atoms with E-state index in [-0.39, 0.29) is 30.5 Å². The van der Waals surface area contributed by atoms with E-state index >= 15 is 0 Å². The lowest BCUT2D eigenvalue weighted by Crippen LogP contribution is -2.53. The summed E-state index contributed by atoms with van der Waals surface area (Å²) in [5.74, 6) is 0.638. The number of hydrogen-bond acceptors (Lipinski definition) is 6. The molecule has 2 atom stereocenters. The molecule has 0 unspecified atom stereocenters. The average molecular weight is 384 g/mol. The number of halogens is 1. The number of carbonyl (C=O) groups is 1. The Bertz CT molecular complexity index is 738. The number of anilines is 1. The summed E-state index contributed by atoms with van der Waals surface area (Å²) in [7, 11) is 1.64. The standard InChI is InChI=1S/C17H21N3O3S.ClH/c1-10-4-5-14(22-3)12(8-10)13-9-24-17(19-13)20-16(21)15-11(2)23-7-6-18-15;/h4-5,8-9,11,15,18H,6-7H2,1-3H3,(H,19,20,21);1H/t11-,15+;/m1./s1. The predicted octanol–water partition coefficient (Wildman–Crippen LogP) is 2.86. The van der Waals surface area contributed by atoms with Gasteiger partial charge in [0, 0.05) is 17.5 Å². The number of aromatic nitrogens is 1. The van der Waals surface area contributed by atoms with Crippen molar-refractivity contribution in [2.45, 2.75) is 26.0 Å². The Morgan fingerprint density at radius 3 is 3.00 bits per heavy atom. The SMILES string of the molecule is COc1ccc(C)cc1-c1csc(NC(=O)[C@H]2NCCO[C@@H]2C)n1.Cl. The van der Waals surface area contributed by atoms with E-state index in [9.17, 15) is 4.79 Å². The molecule has 1 saturated heterocycles. The zero-order chi connectivity index (χ0) is 17.1. The van der Waals surface area contributed by atoms with Crippen LogP contribution in [0.4, 0.5) is 5.13 Å². The van der Waals surface area contributed by atoms with Gasteiger partial charge in [-0.3, -0.25) is 4.79 Å². The molecule has 0 saturated carbocycles. The molecule has 8 heteroatoms. The number of hydrogen-bond donors (Lipinski definition) is 2. The number of rotatable bonds is 4. The van der Waals surface area contributed by atoms with Gasteiger partial charge in [-0.25, -0.2) is 4.98 Å². The van der Waals surface area contributed by atoms with E-state index in [4.69, 9.17) is 9.47 Å². The van der Waals surface area contributed by atoms with Crippen LogP contribution in [0.25, 0.3) is 11.3 Å². The molecule has 2 aromatic rings. The summed E-state index contributed by atoms with van der Waals surface area (Å²) in [5.41, 5.74) is 2.83. The highest BCUT2D eigenvalue weighted by Gasteiger charge is 2.28. The Morgan fingerprint density at radius 2 is 2.28 bits per heavy atom. The fourth-order valence-electron chi connectivity index (χ4n) is 2.69. The summed E-state index contributed by atoms with van der Waals surface area (Å²) >= 11 is 1.40. The number of amides is 1. The lowest BCUT2D eigenvalue weighted by molar-refractivity contribution is -0.123. The van der Waals surface area contributed by atoms with Crippen molar-refractivity contribution in [2.75, 3.05) is 25.6 Å².